The Morgan fingerprint density at radius 3 is 2.40 bits per heavy atom. The molecular formula is C14H15NO3S2. The lowest BCUT2D eigenvalue weighted by atomic mass is 10.3. The van der Waals surface area contributed by atoms with E-state index in [4.69, 9.17) is 0 Å². The van der Waals surface area contributed by atoms with Crippen LogP contribution in [-0.2, 0) is 10.0 Å². The summed E-state index contributed by atoms with van der Waals surface area (Å²) in [5.74, 6) is 0.210. The molecule has 0 radical (unpaired) electrons. The van der Waals surface area contributed by atoms with Crippen LogP contribution in [0.15, 0.2) is 63.2 Å². The van der Waals surface area contributed by atoms with Gasteiger partial charge in [-0.3, -0.25) is 0 Å². The number of hydrogen-bond donors (Lipinski definition) is 2. The smallest absolute Gasteiger partial charge is 0.240 e. The van der Waals surface area contributed by atoms with E-state index in [1.54, 1.807) is 49.4 Å². The molecule has 0 amide bonds. The summed E-state index contributed by atoms with van der Waals surface area (Å²) in [6.07, 6.45) is 0. The SMILES string of the molecule is CCNS(=O)(=O)c1ccc(Sc2cccc(O)c2)cc1. The first-order chi connectivity index (χ1) is 9.51. The Hall–Kier alpha value is -1.50. The fraction of sp³-hybridized carbons (Fsp3) is 0.143. The summed E-state index contributed by atoms with van der Waals surface area (Å²) in [5.41, 5.74) is 0. The van der Waals surface area contributed by atoms with Gasteiger partial charge in [-0.1, -0.05) is 24.8 Å². The van der Waals surface area contributed by atoms with E-state index in [9.17, 15) is 13.5 Å². The number of nitrogens with one attached hydrogen (secondary N) is 1. The summed E-state index contributed by atoms with van der Waals surface area (Å²) in [6.45, 7) is 2.10. The minimum Gasteiger partial charge on any atom is -0.508 e. The van der Waals surface area contributed by atoms with Crippen molar-refractivity contribution in [3.8, 4) is 5.75 Å². The number of phenols is 1. The van der Waals surface area contributed by atoms with Crippen molar-refractivity contribution in [3.63, 3.8) is 0 Å². The highest BCUT2D eigenvalue weighted by molar-refractivity contribution is 7.99. The lowest BCUT2D eigenvalue weighted by Gasteiger charge is -2.06. The minimum atomic E-state index is -3.41. The molecule has 6 heteroatoms. The van der Waals surface area contributed by atoms with Crippen molar-refractivity contribution in [1.29, 1.82) is 0 Å². The first-order valence-electron chi connectivity index (χ1n) is 6.08. The van der Waals surface area contributed by atoms with Crippen LogP contribution in [-0.4, -0.2) is 20.1 Å². The van der Waals surface area contributed by atoms with Gasteiger partial charge in [0.05, 0.1) is 4.90 Å². The first kappa shape index (κ1) is 14.9. The maximum atomic E-state index is 11.8. The van der Waals surface area contributed by atoms with E-state index in [-0.39, 0.29) is 10.6 Å². The van der Waals surface area contributed by atoms with Gasteiger partial charge in [-0.15, -0.1) is 0 Å². The van der Waals surface area contributed by atoms with Gasteiger partial charge in [0, 0.05) is 16.3 Å². The Labute approximate surface area is 122 Å². The van der Waals surface area contributed by atoms with Crippen molar-refractivity contribution in [2.75, 3.05) is 6.54 Å². The molecule has 0 saturated carbocycles. The molecular weight excluding hydrogens is 294 g/mol. The van der Waals surface area contributed by atoms with Gasteiger partial charge in [0.1, 0.15) is 5.75 Å². The standard InChI is InChI=1S/C14H15NO3S2/c1-2-15-20(17,18)14-8-6-12(7-9-14)19-13-5-3-4-11(16)10-13/h3-10,15-16H,2H2,1H3. The molecule has 0 saturated heterocycles. The fourth-order valence-corrected chi connectivity index (χ4v) is 3.55. The zero-order valence-corrected chi connectivity index (χ0v) is 12.5. The van der Waals surface area contributed by atoms with E-state index < -0.39 is 10.0 Å². The van der Waals surface area contributed by atoms with E-state index in [0.29, 0.717) is 6.54 Å². The molecule has 0 aliphatic heterocycles. The van der Waals surface area contributed by atoms with E-state index in [1.807, 2.05) is 6.07 Å². The average molecular weight is 309 g/mol. The van der Waals surface area contributed by atoms with Crippen molar-refractivity contribution < 1.29 is 13.5 Å². The van der Waals surface area contributed by atoms with E-state index >= 15 is 0 Å². The third-order valence-electron chi connectivity index (χ3n) is 2.52. The first-order valence-corrected chi connectivity index (χ1v) is 8.38. The number of aromatic hydroxyl groups is 1. The summed E-state index contributed by atoms with van der Waals surface area (Å²) in [5, 5.41) is 9.40. The molecule has 0 aromatic heterocycles. The molecule has 0 aliphatic rings. The lowest BCUT2D eigenvalue weighted by molar-refractivity contribution is 0.474. The number of sulfonamides is 1. The van der Waals surface area contributed by atoms with Crippen molar-refractivity contribution in [1.82, 2.24) is 4.72 Å². The number of benzene rings is 2. The Balaban J connectivity index is 2.17. The predicted molar refractivity (Wildman–Crippen MR) is 79.5 cm³/mol. The van der Waals surface area contributed by atoms with Gasteiger partial charge in [-0.25, -0.2) is 13.1 Å². The summed E-state index contributed by atoms with van der Waals surface area (Å²) >= 11 is 1.46. The summed E-state index contributed by atoms with van der Waals surface area (Å²) < 4.78 is 26.0. The molecule has 2 N–H and O–H groups in total. The normalized spacial score (nSPS) is 11.4. The van der Waals surface area contributed by atoms with Gasteiger partial charge in [-0.2, -0.15) is 0 Å². The van der Waals surface area contributed by atoms with Crippen LogP contribution in [0.25, 0.3) is 0 Å². The molecule has 0 fully saturated rings. The Kier molecular flexibility index (Phi) is 4.69. The average Bonchev–Trinajstić information content (AvgIpc) is 2.39. The van der Waals surface area contributed by atoms with Crippen LogP contribution in [0.3, 0.4) is 0 Å². The van der Waals surface area contributed by atoms with Crippen LogP contribution >= 0.6 is 11.8 Å². The molecule has 2 rings (SSSR count). The van der Waals surface area contributed by atoms with Gasteiger partial charge in [0.2, 0.25) is 10.0 Å². The Morgan fingerprint density at radius 1 is 1.10 bits per heavy atom. The number of hydrogen-bond acceptors (Lipinski definition) is 4. The number of phenolic OH excluding ortho intramolecular Hbond substituents is 1. The molecule has 0 aliphatic carbocycles. The van der Waals surface area contributed by atoms with Gasteiger partial charge in [-0.05, 0) is 42.5 Å². The molecule has 2 aromatic carbocycles. The third-order valence-corrected chi connectivity index (χ3v) is 5.08. The highest BCUT2D eigenvalue weighted by Crippen LogP contribution is 2.30. The molecule has 0 heterocycles. The van der Waals surface area contributed by atoms with E-state index in [1.165, 1.54) is 11.8 Å². The predicted octanol–water partition coefficient (Wildman–Crippen LogP) is 2.84. The maximum Gasteiger partial charge on any atom is 0.240 e. The monoisotopic (exact) mass is 309 g/mol. The quantitative estimate of drug-likeness (QED) is 0.891. The molecule has 0 atom stereocenters. The maximum absolute atomic E-state index is 11.8. The van der Waals surface area contributed by atoms with Gasteiger partial charge < -0.3 is 5.11 Å². The highest BCUT2D eigenvalue weighted by Gasteiger charge is 2.11. The Morgan fingerprint density at radius 2 is 1.80 bits per heavy atom. The molecule has 0 bridgehead atoms. The second-order valence-corrected chi connectivity index (χ2v) is 6.99. The van der Waals surface area contributed by atoms with Crippen LogP contribution in [0.5, 0.6) is 5.75 Å². The van der Waals surface area contributed by atoms with Gasteiger partial charge >= 0.3 is 0 Å². The summed E-state index contributed by atoms with van der Waals surface area (Å²) in [4.78, 5) is 2.05. The molecule has 0 spiro atoms. The Bertz CT molecular complexity index is 682. The third kappa shape index (κ3) is 3.75. The topological polar surface area (TPSA) is 66.4 Å². The second kappa shape index (κ2) is 6.30. The minimum absolute atomic E-state index is 0.210. The van der Waals surface area contributed by atoms with E-state index in [0.717, 1.165) is 9.79 Å². The number of rotatable bonds is 5. The van der Waals surface area contributed by atoms with E-state index in [2.05, 4.69) is 4.72 Å². The lowest BCUT2D eigenvalue weighted by Crippen LogP contribution is -2.22. The second-order valence-electron chi connectivity index (χ2n) is 4.07. The van der Waals surface area contributed by atoms with Crippen LogP contribution < -0.4 is 4.72 Å². The largest absolute Gasteiger partial charge is 0.508 e. The van der Waals surface area contributed by atoms with Gasteiger partial charge in [0.15, 0.2) is 0 Å². The van der Waals surface area contributed by atoms with Crippen molar-refractivity contribution in [3.05, 3.63) is 48.5 Å². The summed E-state index contributed by atoms with van der Waals surface area (Å²) in [6, 6.07) is 13.6. The van der Waals surface area contributed by atoms with Crippen LogP contribution in [0, 0.1) is 0 Å². The van der Waals surface area contributed by atoms with Crippen molar-refractivity contribution in [2.45, 2.75) is 21.6 Å². The van der Waals surface area contributed by atoms with Crippen molar-refractivity contribution in [2.24, 2.45) is 0 Å². The molecule has 4 nitrogen and oxygen atoms in total. The van der Waals surface area contributed by atoms with Crippen LogP contribution in [0.2, 0.25) is 0 Å². The van der Waals surface area contributed by atoms with Crippen LogP contribution in [0.4, 0.5) is 0 Å². The van der Waals surface area contributed by atoms with Crippen molar-refractivity contribution >= 4 is 21.8 Å². The molecule has 0 unspecified atom stereocenters. The zero-order valence-electron chi connectivity index (χ0n) is 10.9. The molecule has 2 aromatic rings. The highest BCUT2D eigenvalue weighted by atomic mass is 32.2. The molecule has 106 valence electrons. The zero-order chi connectivity index (χ0) is 14.6. The summed E-state index contributed by atoms with van der Waals surface area (Å²) in [7, 11) is -3.41. The fourth-order valence-electron chi connectivity index (χ4n) is 1.64. The molecule has 20 heavy (non-hydrogen) atoms. The van der Waals surface area contributed by atoms with Crippen LogP contribution in [0.1, 0.15) is 6.92 Å². The van der Waals surface area contributed by atoms with Gasteiger partial charge in [0.25, 0.3) is 0 Å².